The van der Waals surface area contributed by atoms with Crippen LogP contribution in [-0.4, -0.2) is 0 Å². The van der Waals surface area contributed by atoms with E-state index in [2.05, 4.69) is 118 Å². The number of benzene rings is 1. The molecule has 0 N–H and O–H groups in total. The van der Waals surface area contributed by atoms with Crippen LogP contribution in [0.4, 0.5) is 0 Å². The molecule has 1 aromatic carbocycles. The molecule has 0 saturated heterocycles. The Hall–Kier alpha value is -1.56. The standard InChI is InChI=1S/C29H44/c1-26(2,3)20-28(7,8)24-13-11-12-22(14-17-24)23-15-18-25(19-16-23)29(9,10)21-27(4,5)6/h12-19H,11,20-21H2,1-10H3. The van der Waals surface area contributed by atoms with E-state index < -0.39 is 0 Å². The van der Waals surface area contributed by atoms with Crippen molar-refractivity contribution in [3.05, 3.63) is 65.3 Å². The topological polar surface area (TPSA) is 0 Å². The quantitative estimate of drug-likeness (QED) is 0.468. The highest BCUT2D eigenvalue weighted by Crippen LogP contribution is 2.41. The molecule has 0 heterocycles. The summed E-state index contributed by atoms with van der Waals surface area (Å²) in [7, 11) is 0. The number of hydrogen-bond acceptors (Lipinski definition) is 0. The summed E-state index contributed by atoms with van der Waals surface area (Å²) in [6, 6.07) is 9.28. The molecule has 0 aliphatic heterocycles. The molecule has 0 saturated carbocycles. The predicted octanol–water partition coefficient (Wildman–Crippen LogP) is 9.13. The summed E-state index contributed by atoms with van der Waals surface area (Å²) in [6.45, 7) is 23.5. The van der Waals surface area contributed by atoms with Crippen LogP contribution in [0.3, 0.4) is 0 Å². The number of rotatable bonds is 5. The maximum Gasteiger partial charge on any atom is -0.00986 e. The van der Waals surface area contributed by atoms with Crippen molar-refractivity contribution in [1.82, 2.24) is 0 Å². The third-order valence-corrected chi connectivity index (χ3v) is 5.84. The van der Waals surface area contributed by atoms with E-state index in [1.54, 1.807) is 0 Å². The molecule has 0 amide bonds. The van der Waals surface area contributed by atoms with Crippen molar-refractivity contribution in [2.75, 3.05) is 0 Å². The van der Waals surface area contributed by atoms with Crippen molar-refractivity contribution in [2.45, 2.75) is 93.9 Å². The van der Waals surface area contributed by atoms with Crippen LogP contribution in [0.2, 0.25) is 0 Å². The highest BCUT2D eigenvalue weighted by Gasteiger charge is 2.29. The molecular weight excluding hydrogens is 348 g/mol. The van der Waals surface area contributed by atoms with Gasteiger partial charge in [-0.05, 0) is 63.2 Å². The second-order valence-electron chi connectivity index (χ2n) is 12.7. The van der Waals surface area contributed by atoms with Gasteiger partial charge in [0.05, 0.1) is 0 Å². The van der Waals surface area contributed by atoms with Crippen LogP contribution in [-0.2, 0) is 5.41 Å². The molecule has 2 rings (SSSR count). The van der Waals surface area contributed by atoms with Gasteiger partial charge in [0, 0.05) is 0 Å². The van der Waals surface area contributed by atoms with Gasteiger partial charge in [-0.3, -0.25) is 0 Å². The summed E-state index contributed by atoms with van der Waals surface area (Å²) >= 11 is 0. The lowest BCUT2D eigenvalue weighted by Crippen LogP contribution is -2.24. The SMILES string of the molecule is CC(C)(C)CC(C)(C)C1=CCC=C(c2ccc(C(C)(C)CC(C)(C)C)cc2)C=C1. The van der Waals surface area contributed by atoms with Crippen LogP contribution >= 0.6 is 0 Å². The van der Waals surface area contributed by atoms with E-state index in [9.17, 15) is 0 Å². The van der Waals surface area contributed by atoms with E-state index >= 15 is 0 Å². The van der Waals surface area contributed by atoms with Crippen molar-refractivity contribution in [3.63, 3.8) is 0 Å². The molecule has 0 bridgehead atoms. The molecule has 0 nitrogen and oxygen atoms in total. The molecule has 160 valence electrons. The lowest BCUT2D eigenvalue weighted by Gasteiger charge is -2.33. The Kier molecular flexibility index (Phi) is 6.78. The molecule has 1 aromatic rings. The zero-order chi connectivity index (χ0) is 22.1. The van der Waals surface area contributed by atoms with Crippen LogP contribution in [0, 0.1) is 16.2 Å². The molecule has 0 atom stereocenters. The fourth-order valence-corrected chi connectivity index (χ4v) is 5.31. The summed E-state index contributed by atoms with van der Waals surface area (Å²) in [4.78, 5) is 0. The Morgan fingerprint density at radius 1 is 0.621 bits per heavy atom. The minimum atomic E-state index is 0.191. The second kappa shape index (κ2) is 8.29. The Morgan fingerprint density at radius 3 is 1.66 bits per heavy atom. The smallest absolute Gasteiger partial charge is 0.00986 e. The molecule has 29 heavy (non-hydrogen) atoms. The highest BCUT2D eigenvalue weighted by molar-refractivity contribution is 5.75. The van der Waals surface area contributed by atoms with Gasteiger partial charge in [0.1, 0.15) is 0 Å². The zero-order valence-corrected chi connectivity index (χ0v) is 20.7. The van der Waals surface area contributed by atoms with Gasteiger partial charge in [0.2, 0.25) is 0 Å². The van der Waals surface area contributed by atoms with Gasteiger partial charge in [-0.2, -0.15) is 0 Å². The number of allylic oxidation sites excluding steroid dienone is 6. The first-order valence-electron chi connectivity index (χ1n) is 11.3. The molecule has 1 aliphatic rings. The summed E-state index contributed by atoms with van der Waals surface area (Å²) < 4.78 is 0. The predicted molar refractivity (Wildman–Crippen MR) is 131 cm³/mol. The van der Waals surface area contributed by atoms with Crippen LogP contribution in [0.15, 0.2) is 54.1 Å². The lowest BCUT2D eigenvalue weighted by atomic mass is 9.71. The van der Waals surface area contributed by atoms with E-state index in [4.69, 9.17) is 0 Å². The summed E-state index contributed by atoms with van der Waals surface area (Å²) in [5, 5.41) is 0. The Bertz CT molecular complexity index is 778. The maximum atomic E-state index is 2.41. The fourth-order valence-electron chi connectivity index (χ4n) is 5.31. The van der Waals surface area contributed by atoms with Gasteiger partial charge in [-0.1, -0.05) is 118 Å². The molecular formula is C29H44. The third kappa shape index (κ3) is 7.02. The summed E-state index contributed by atoms with van der Waals surface area (Å²) in [5.41, 5.74) is 6.59. The zero-order valence-electron chi connectivity index (χ0n) is 20.7. The lowest BCUT2D eigenvalue weighted by molar-refractivity contribution is 0.253. The van der Waals surface area contributed by atoms with E-state index in [-0.39, 0.29) is 10.8 Å². The number of hydrogen-bond donors (Lipinski definition) is 0. The Balaban J connectivity index is 2.18. The summed E-state index contributed by atoms with van der Waals surface area (Å²) in [6.07, 6.45) is 12.8. The first-order chi connectivity index (χ1) is 13.1. The molecule has 0 aromatic heterocycles. The van der Waals surface area contributed by atoms with E-state index in [1.165, 1.54) is 35.1 Å². The van der Waals surface area contributed by atoms with Crippen molar-refractivity contribution >= 4 is 5.57 Å². The van der Waals surface area contributed by atoms with Crippen molar-refractivity contribution in [2.24, 2.45) is 16.2 Å². The van der Waals surface area contributed by atoms with Crippen molar-refractivity contribution in [1.29, 1.82) is 0 Å². The first kappa shape index (κ1) is 23.7. The minimum absolute atomic E-state index is 0.191. The molecule has 0 fully saturated rings. The maximum absolute atomic E-state index is 2.41. The molecule has 0 radical (unpaired) electrons. The fraction of sp³-hybridized carbons (Fsp3) is 0.586. The molecule has 0 spiro atoms. The average Bonchev–Trinajstić information content (AvgIpc) is 2.77. The monoisotopic (exact) mass is 392 g/mol. The largest absolute Gasteiger partial charge is 0.0770 e. The van der Waals surface area contributed by atoms with Crippen LogP contribution in [0.5, 0.6) is 0 Å². The van der Waals surface area contributed by atoms with Crippen LogP contribution < -0.4 is 0 Å². The minimum Gasteiger partial charge on any atom is -0.0770 e. The normalized spacial score (nSPS) is 16.3. The third-order valence-electron chi connectivity index (χ3n) is 5.84. The van der Waals surface area contributed by atoms with Crippen LogP contribution in [0.1, 0.15) is 99.6 Å². The molecule has 0 unspecified atom stereocenters. The Morgan fingerprint density at radius 2 is 1.14 bits per heavy atom. The molecule has 1 aliphatic carbocycles. The summed E-state index contributed by atoms with van der Waals surface area (Å²) in [5.74, 6) is 0. The van der Waals surface area contributed by atoms with E-state index in [1.807, 2.05) is 0 Å². The van der Waals surface area contributed by atoms with Gasteiger partial charge >= 0.3 is 0 Å². The van der Waals surface area contributed by atoms with E-state index in [0.717, 1.165) is 6.42 Å². The molecule has 0 heteroatoms. The van der Waals surface area contributed by atoms with Gasteiger partial charge < -0.3 is 0 Å². The second-order valence-corrected chi connectivity index (χ2v) is 12.7. The van der Waals surface area contributed by atoms with Crippen molar-refractivity contribution < 1.29 is 0 Å². The van der Waals surface area contributed by atoms with E-state index in [0.29, 0.717) is 10.8 Å². The average molecular weight is 393 g/mol. The van der Waals surface area contributed by atoms with Gasteiger partial charge in [0.25, 0.3) is 0 Å². The van der Waals surface area contributed by atoms with Gasteiger partial charge in [-0.25, -0.2) is 0 Å². The highest BCUT2D eigenvalue weighted by atomic mass is 14.3. The first-order valence-corrected chi connectivity index (χ1v) is 11.3. The van der Waals surface area contributed by atoms with Crippen molar-refractivity contribution in [3.8, 4) is 0 Å². The van der Waals surface area contributed by atoms with Gasteiger partial charge in [-0.15, -0.1) is 0 Å². The van der Waals surface area contributed by atoms with Crippen LogP contribution in [0.25, 0.3) is 5.57 Å². The Labute approximate surface area is 181 Å². The van der Waals surface area contributed by atoms with Gasteiger partial charge in [0.15, 0.2) is 0 Å².